The summed E-state index contributed by atoms with van der Waals surface area (Å²) in [4.78, 5) is 14.6. The van der Waals surface area contributed by atoms with Gasteiger partial charge in [0.05, 0.1) is 12.2 Å². The summed E-state index contributed by atoms with van der Waals surface area (Å²) in [5, 5.41) is 10.1. The Morgan fingerprint density at radius 2 is 2.00 bits per heavy atom. The van der Waals surface area contributed by atoms with E-state index in [0.29, 0.717) is 0 Å². The molecule has 0 aliphatic carbocycles. The molecule has 2 N–H and O–H groups in total. The highest BCUT2D eigenvalue weighted by Gasteiger charge is 2.15. The Kier molecular flexibility index (Phi) is 7.32. The molecule has 0 atom stereocenters. The average molecular weight is 392 g/mol. The maximum absolute atomic E-state index is 4.79. The van der Waals surface area contributed by atoms with Crippen LogP contribution in [0.2, 0.25) is 0 Å². The largest absolute Gasteiger partial charge is 0.357 e. The highest BCUT2D eigenvalue weighted by molar-refractivity contribution is 7.13. The number of guanidine groups is 1. The van der Waals surface area contributed by atoms with Crippen molar-refractivity contribution in [2.45, 2.75) is 46.1 Å². The summed E-state index contributed by atoms with van der Waals surface area (Å²) >= 11 is 3.62. The molecular formula is C19H29N5S2. The summed E-state index contributed by atoms with van der Waals surface area (Å²) in [6.45, 7) is 9.05. The molecule has 1 fully saturated rings. The fourth-order valence-corrected chi connectivity index (χ4v) is 4.77. The maximum atomic E-state index is 4.79. The van der Waals surface area contributed by atoms with Crippen LogP contribution in [0.25, 0.3) is 0 Å². The summed E-state index contributed by atoms with van der Waals surface area (Å²) in [7, 11) is 0. The normalized spacial score (nSPS) is 14.8. The van der Waals surface area contributed by atoms with Gasteiger partial charge in [-0.3, -0.25) is 0 Å². The van der Waals surface area contributed by atoms with Crippen molar-refractivity contribution in [3.63, 3.8) is 0 Å². The second-order valence-corrected chi connectivity index (χ2v) is 8.50. The molecular weight excluding hydrogens is 362 g/mol. The van der Waals surface area contributed by atoms with Crippen LogP contribution in [0.4, 0.5) is 5.13 Å². The number of nitrogens with one attached hydrogen (secondary N) is 2. The average Bonchev–Trinajstić information content (AvgIpc) is 3.40. The van der Waals surface area contributed by atoms with Gasteiger partial charge in [-0.15, -0.1) is 22.7 Å². The lowest BCUT2D eigenvalue weighted by molar-refractivity contribution is 0.790. The first-order valence-corrected chi connectivity index (χ1v) is 11.3. The fraction of sp³-hybridized carbons (Fsp3) is 0.579. The van der Waals surface area contributed by atoms with Gasteiger partial charge in [-0.25, -0.2) is 9.98 Å². The number of aliphatic imine (C=N–C) groups is 1. The van der Waals surface area contributed by atoms with Gasteiger partial charge in [-0.1, -0.05) is 6.92 Å². The predicted molar refractivity (Wildman–Crippen MR) is 114 cm³/mol. The van der Waals surface area contributed by atoms with Crippen LogP contribution in [0.5, 0.6) is 0 Å². The Hall–Kier alpha value is -1.60. The van der Waals surface area contributed by atoms with E-state index >= 15 is 0 Å². The topological polar surface area (TPSA) is 52.6 Å². The minimum atomic E-state index is 0.732. The summed E-state index contributed by atoms with van der Waals surface area (Å²) < 4.78 is 0. The number of thiazole rings is 1. The lowest BCUT2D eigenvalue weighted by Gasteiger charge is -2.12. The van der Waals surface area contributed by atoms with Gasteiger partial charge in [0.15, 0.2) is 11.1 Å². The number of aromatic nitrogens is 1. The Morgan fingerprint density at radius 3 is 2.73 bits per heavy atom. The van der Waals surface area contributed by atoms with E-state index in [1.54, 1.807) is 11.3 Å². The first kappa shape index (κ1) is 19.2. The molecule has 5 nitrogen and oxygen atoms in total. The van der Waals surface area contributed by atoms with Crippen LogP contribution in [0, 0.1) is 0 Å². The first-order valence-electron chi connectivity index (χ1n) is 9.57. The Bertz CT molecular complexity index is 700. The van der Waals surface area contributed by atoms with Crippen LogP contribution in [0.3, 0.4) is 0 Å². The molecule has 0 saturated carbocycles. The Labute approximate surface area is 164 Å². The lowest BCUT2D eigenvalue weighted by atomic mass is 10.3. The van der Waals surface area contributed by atoms with Gasteiger partial charge < -0.3 is 15.5 Å². The van der Waals surface area contributed by atoms with Crippen molar-refractivity contribution in [2.75, 3.05) is 31.1 Å². The quantitative estimate of drug-likeness (QED) is 0.533. The molecule has 1 saturated heterocycles. The van der Waals surface area contributed by atoms with Gasteiger partial charge in [0.2, 0.25) is 0 Å². The standard InChI is InChI=1S/C19H29N5S2/c1-3-16-7-8-17(26-16)13-22-18(20-4-2)21-10-9-15-14-25-19(23-15)24-11-5-6-12-24/h7-8,14H,3-6,9-13H2,1-2H3,(H2,20,21,22). The molecule has 0 aromatic carbocycles. The van der Waals surface area contributed by atoms with E-state index in [-0.39, 0.29) is 0 Å². The Morgan fingerprint density at radius 1 is 1.19 bits per heavy atom. The summed E-state index contributed by atoms with van der Waals surface area (Å²) in [5.74, 6) is 0.883. The predicted octanol–water partition coefficient (Wildman–Crippen LogP) is 3.67. The number of thiophene rings is 1. The summed E-state index contributed by atoms with van der Waals surface area (Å²) in [6.07, 6.45) is 4.61. The first-order chi connectivity index (χ1) is 12.8. The molecule has 0 unspecified atom stereocenters. The van der Waals surface area contributed by atoms with Crippen molar-refractivity contribution in [3.05, 3.63) is 33.0 Å². The molecule has 26 heavy (non-hydrogen) atoms. The zero-order chi connectivity index (χ0) is 18.2. The number of nitrogens with zero attached hydrogens (tertiary/aromatic N) is 3. The molecule has 1 aliphatic rings. The van der Waals surface area contributed by atoms with E-state index in [1.807, 2.05) is 11.3 Å². The molecule has 0 radical (unpaired) electrons. The number of hydrogen-bond acceptors (Lipinski definition) is 5. The monoisotopic (exact) mass is 391 g/mol. The third-order valence-corrected chi connectivity index (χ3v) is 6.56. The number of anilines is 1. The van der Waals surface area contributed by atoms with Crippen molar-refractivity contribution in [2.24, 2.45) is 4.99 Å². The van der Waals surface area contributed by atoms with Crippen molar-refractivity contribution >= 4 is 33.8 Å². The third-order valence-electron chi connectivity index (χ3n) is 4.39. The van der Waals surface area contributed by atoms with Gasteiger partial charge in [0, 0.05) is 47.7 Å². The summed E-state index contributed by atoms with van der Waals surface area (Å²) in [5.41, 5.74) is 1.17. The highest BCUT2D eigenvalue weighted by Crippen LogP contribution is 2.24. The molecule has 0 amide bonds. The van der Waals surface area contributed by atoms with Gasteiger partial charge >= 0.3 is 0 Å². The highest BCUT2D eigenvalue weighted by atomic mass is 32.1. The SMILES string of the molecule is CCNC(=NCc1ccc(CC)s1)NCCc1csc(N2CCCC2)n1. The van der Waals surface area contributed by atoms with Crippen molar-refractivity contribution < 1.29 is 0 Å². The number of hydrogen-bond donors (Lipinski definition) is 2. The minimum Gasteiger partial charge on any atom is -0.357 e. The van der Waals surface area contributed by atoms with Crippen LogP contribution in [-0.2, 0) is 19.4 Å². The van der Waals surface area contributed by atoms with Crippen LogP contribution in [0.15, 0.2) is 22.5 Å². The van der Waals surface area contributed by atoms with Gasteiger partial charge in [0.25, 0.3) is 0 Å². The minimum absolute atomic E-state index is 0.732. The van der Waals surface area contributed by atoms with Crippen LogP contribution in [-0.4, -0.2) is 37.1 Å². The molecule has 1 aliphatic heterocycles. The number of rotatable bonds is 8. The fourth-order valence-electron chi connectivity index (χ4n) is 2.97. The molecule has 3 heterocycles. The second kappa shape index (κ2) is 9.92. The molecule has 2 aromatic heterocycles. The molecule has 2 aromatic rings. The maximum Gasteiger partial charge on any atom is 0.191 e. The van der Waals surface area contributed by atoms with E-state index in [0.717, 1.165) is 51.5 Å². The molecule has 142 valence electrons. The van der Waals surface area contributed by atoms with Crippen LogP contribution in [0.1, 0.15) is 42.1 Å². The Balaban J connectivity index is 1.47. The zero-order valence-electron chi connectivity index (χ0n) is 15.8. The molecule has 0 bridgehead atoms. The molecule has 7 heteroatoms. The smallest absolute Gasteiger partial charge is 0.191 e. The molecule has 0 spiro atoms. The van der Waals surface area contributed by atoms with Crippen molar-refractivity contribution in [1.29, 1.82) is 0 Å². The van der Waals surface area contributed by atoms with Crippen molar-refractivity contribution in [3.8, 4) is 0 Å². The molecule has 3 rings (SSSR count). The van der Waals surface area contributed by atoms with Gasteiger partial charge in [-0.05, 0) is 38.3 Å². The third kappa shape index (κ3) is 5.45. The van der Waals surface area contributed by atoms with Gasteiger partial charge in [0.1, 0.15) is 0 Å². The van der Waals surface area contributed by atoms with Gasteiger partial charge in [-0.2, -0.15) is 0 Å². The van der Waals surface area contributed by atoms with E-state index in [4.69, 9.17) is 9.98 Å². The van der Waals surface area contributed by atoms with E-state index in [2.05, 4.69) is 46.9 Å². The van der Waals surface area contributed by atoms with Crippen LogP contribution < -0.4 is 15.5 Å². The number of aryl methyl sites for hydroxylation is 1. The summed E-state index contributed by atoms with van der Waals surface area (Å²) in [6, 6.07) is 4.39. The second-order valence-electron chi connectivity index (χ2n) is 6.41. The van der Waals surface area contributed by atoms with E-state index in [9.17, 15) is 0 Å². The lowest BCUT2D eigenvalue weighted by Crippen LogP contribution is -2.38. The van der Waals surface area contributed by atoms with E-state index in [1.165, 1.54) is 33.4 Å². The van der Waals surface area contributed by atoms with Crippen molar-refractivity contribution in [1.82, 2.24) is 15.6 Å². The zero-order valence-corrected chi connectivity index (χ0v) is 17.4. The van der Waals surface area contributed by atoms with E-state index < -0.39 is 0 Å². The van der Waals surface area contributed by atoms with Crippen LogP contribution >= 0.6 is 22.7 Å².